The van der Waals surface area contributed by atoms with E-state index in [-0.39, 0.29) is 30.0 Å². The molecule has 6 nitrogen and oxygen atoms in total. The lowest BCUT2D eigenvalue weighted by Crippen LogP contribution is -2.47. The number of benzene rings is 1. The molecule has 0 saturated heterocycles. The summed E-state index contributed by atoms with van der Waals surface area (Å²) < 4.78 is 46.7. The van der Waals surface area contributed by atoms with Gasteiger partial charge in [0.05, 0.1) is 12.0 Å². The lowest BCUT2D eigenvalue weighted by Gasteiger charge is -2.38. The van der Waals surface area contributed by atoms with Crippen LogP contribution < -0.4 is 0 Å². The number of ether oxygens (including phenoxy) is 1. The SMILES string of the molecule is CC.CC.CCN=C(OC)C(/C=C\CCN(C1CCCCC1CO)S(=O)(=O)c1ccccc1)=C/CF. The molecule has 1 N–H and O–H groups in total. The van der Waals surface area contributed by atoms with Gasteiger partial charge in [0.1, 0.15) is 6.67 Å². The molecule has 1 saturated carbocycles. The summed E-state index contributed by atoms with van der Waals surface area (Å²) in [6.07, 6.45) is 8.83. The number of aliphatic hydroxyl groups excluding tert-OH is 1. The number of nitrogens with zero attached hydrogens (tertiary/aromatic N) is 2. The van der Waals surface area contributed by atoms with E-state index in [0.717, 1.165) is 25.7 Å². The minimum Gasteiger partial charge on any atom is -0.481 e. The fourth-order valence-electron chi connectivity index (χ4n) is 4.11. The van der Waals surface area contributed by atoms with Crippen LogP contribution in [-0.4, -0.2) is 63.2 Å². The van der Waals surface area contributed by atoms with E-state index >= 15 is 0 Å². The molecule has 2 atom stereocenters. The maximum absolute atomic E-state index is 13.5. The van der Waals surface area contributed by atoms with Crippen molar-refractivity contribution >= 4 is 15.9 Å². The number of aliphatic hydroxyl groups is 1. The predicted octanol–water partition coefficient (Wildman–Crippen LogP) is 6.19. The van der Waals surface area contributed by atoms with Crippen LogP contribution in [0.5, 0.6) is 0 Å². The summed E-state index contributed by atoms with van der Waals surface area (Å²) in [5.74, 6) is 0.271. The average molecular weight is 527 g/mol. The third-order valence-electron chi connectivity index (χ3n) is 5.68. The zero-order valence-electron chi connectivity index (χ0n) is 23.0. The van der Waals surface area contributed by atoms with Crippen molar-refractivity contribution in [2.45, 2.75) is 77.7 Å². The maximum atomic E-state index is 13.5. The highest BCUT2D eigenvalue weighted by atomic mass is 32.2. The monoisotopic (exact) mass is 526 g/mol. The lowest BCUT2D eigenvalue weighted by atomic mass is 9.85. The Bertz CT molecular complexity index is 886. The second-order valence-corrected chi connectivity index (χ2v) is 9.60. The summed E-state index contributed by atoms with van der Waals surface area (Å²) in [5.41, 5.74) is 0.528. The first-order valence-corrected chi connectivity index (χ1v) is 14.6. The number of hydrogen-bond donors (Lipinski definition) is 1. The van der Waals surface area contributed by atoms with Gasteiger partial charge in [-0.05, 0) is 50.3 Å². The molecular formula is C28H47FN2O4S. The molecule has 206 valence electrons. The van der Waals surface area contributed by atoms with E-state index in [1.807, 2.05) is 40.7 Å². The molecule has 1 aromatic carbocycles. The maximum Gasteiger partial charge on any atom is 0.243 e. The standard InChI is InChI=1S/C24H35FN2O4S.2C2H6/c1-3-26-24(31-2)20(16-17-25)11-9-10-18-27(23-15-8-7-12-21(23)19-28)32(29,30)22-13-5-4-6-14-22;2*1-2/h4-6,9,11,13-14,16,21,23,28H,3,7-8,10,12,15,17-19H2,1-2H3;2*1-2H3/b11-9-,20-16+,26-24?;;. The molecule has 0 aromatic heterocycles. The summed E-state index contributed by atoms with van der Waals surface area (Å²) in [6, 6.07) is 8.16. The van der Waals surface area contributed by atoms with Gasteiger partial charge in [-0.25, -0.2) is 12.8 Å². The van der Waals surface area contributed by atoms with Crippen molar-refractivity contribution < 1.29 is 22.7 Å². The number of methoxy groups -OCH3 is 1. The highest BCUT2D eigenvalue weighted by Crippen LogP contribution is 2.32. The molecular weight excluding hydrogens is 479 g/mol. The van der Waals surface area contributed by atoms with E-state index in [9.17, 15) is 17.9 Å². The minimum atomic E-state index is -3.72. The van der Waals surface area contributed by atoms with Gasteiger partial charge >= 0.3 is 0 Å². The molecule has 1 fully saturated rings. The number of sulfonamides is 1. The number of halogens is 1. The van der Waals surface area contributed by atoms with Crippen LogP contribution >= 0.6 is 0 Å². The second-order valence-electron chi connectivity index (χ2n) is 7.71. The third kappa shape index (κ3) is 10.5. The van der Waals surface area contributed by atoms with Gasteiger partial charge < -0.3 is 9.84 Å². The van der Waals surface area contributed by atoms with E-state index in [0.29, 0.717) is 24.4 Å². The minimum absolute atomic E-state index is 0.0324. The van der Waals surface area contributed by atoms with Gasteiger partial charge in [-0.15, -0.1) is 0 Å². The molecule has 1 aromatic rings. The molecule has 2 unspecified atom stereocenters. The van der Waals surface area contributed by atoms with Crippen LogP contribution in [-0.2, 0) is 14.8 Å². The van der Waals surface area contributed by atoms with E-state index in [2.05, 4.69) is 4.99 Å². The number of rotatable bonds is 11. The average Bonchev–Trinajstić information content (AvgIpc) is 2.93. The van der Waals surface area contributed by atoms with Crippen molar-refractivity contribution in [3.63, 3.8) is 0 Å². The van der Waals surface area contributed by atoms with Crippen molar-refractivity contribution in [1.29, 1.82) is 0 Å². The summed E-state index contributed by atoms with van der Waals surface area (Å²) >= 11 is 0. The molecule has 0 amide bonds. The zero-order valence-corrected chi connectivity index (χ0v) is 23.8. The highest BCUT2D eigenvalue weighted by Gasteiger charge is 2.36. The molecule has 1 aliphatic carbocycles. The first kappa shape index (κ1) is 34.0. The zero-order chi connectivity index (χ0) is 27.4. The fraction of sp³-hybridized carbons (Fsp3) is 0.607. The molecule has 8 heteroatoms. The van der Waals surface area contributed by atoms with Gasteiger partial charge in [0.25, 0.3) is 0 Å². The molecule has 0 bridgehead atoms. The van der Waals surface area contributed by atoms with Crippen LogP contribution in [0.4, 0.5) is 4.39 Å². The van der Waals surface area contributed by atoms with Gasteiger partial charge in [-0.2, -0.15) is 4.31 Å². The number of allylic oxidation sites excluding steroid dienone is 1. The van der Waals surface area contributed by atoms with E-state index in [1.54, 1.807) is 40.7 Å². The van der Waals surface area contributed by atoms with Gasteiger partial charge in [0, 0.05) is 31.3 Å². The Kier molecular flexibility index (Phi) is 18.9. The Morgan fingerprint density at radius 2 is 1.81 bits per heavy atom. The van der Waals surface area contributed by atoms with Crippen molar-refractivity contribution in [2.75, 3.05) is 33.5 Å². The summed E-state index contributed by atoms with van der Waals surface area (Å²) in [7, 11) is -2.23. The first-order valence-electron chi connectivity index (χ1n) is 13.2. The van der Waals surface area contributed by atoms with Gasteiger partial charge in [-0.3, -0.25) is 4.99 Å². The molecule has 0 spiro atoms. The molecule has 2 rings (SSSR count). The Morgan fingerprint density at radius 3 is 2.36 bits per heavy atom. The van der Waals surface area contributed by atoms with Crippen LogP contribution in [0.3, 0.4) is 0 Å². The quantitative estimate of drug-likeness (QED) is 0.212. The Morgan fingerprint density at radius 1 is 1.17 bits per heavy atom. The number of aliphatic imine (C=N–C) groups is 1. The Labute approximate surface area is 219 Å². The first-order chi connectivity index (χ1) is 17.5. The van der Waals surface area contributed by atoms with Crippen LogP contribution in [0.2, 0.25) is 0 Å². The Hall–Kier alpha value is -2.03. The molecule has 0 aliphatic heterocycles. The smallest absolute Gasteiger partial charge is 0.243 e. The van der Waals surface area contributed by atoms with E-state index in [1.165, 1.54) is 13.2 Å². The topological polar surface area (TPSA) is 79.2 Å². The normalized spacial score (nSPS) is 18.8. The third-order valence-corrected chi connectivity index (χ3v) is 7.61. The summed E-state index contributed by atoms with van der Waals surface area (Å²) in [6.45, 7) is 9.96. The molecule has 0 heterocycles. The number of alkyl halides is 1. The van der Waals surface area contributed by atoms with Crippen LogP contribution in [0.1, 0.15) is 66.7 Å². The highest BCUT2D eigenvalue weighted by molar-refractivity contribution is 7.89. The lowest BCUT2D eigenvalue weighted by molar-refractivity contribution is 0.113. The van der Waals surface area contributed by atoms with Gasteiger partial charge in [0.15, 0.2) is 0 Å². The van der Waals surface area contributed by atoms with Crippen molar-refractivity contribution in [2.24, 2.45) is 10.9 Å². The molecule has 36 heavy (non-hydrogen) atoms. The van der Waals surface area contributed by atoms with E-state index < -0.39 is 16.7 Å². The summed E-state index contributed by atoms with van der Waals surface area (Å²) in [4.78, 5) is 4.47. The summed E-state index contributed by atoms with van der Waals surface area (Å²) in [5, 5.41) is 9.88. The van der Waals surface area contributed by atoms with Gasteiger partial charge in [-0.1, -0.05) is 70.9 Å². The Balaban J connectivity index is 0.00000291. The predicted molar refractivity (Wildman–Crippen MR) is 149 cm³/mol. The van der Waals surface area contributed by atoms with Crippen molar-refractivity contribution in [3.8, 4) is 0 Å². The van der Waals surface area contributed by atoms with Crippen molar-refractivity contribution in [1.82, 2.24) is 4.31 Å². The fourth-order valence-corrected chi connectivity index (χ4v) is 5.86. The van der Waals surface area contributed by atoms with Gasteiger partial charge in [0.2, 0.25) is 15.9 Å². The van der Waals surface area contributed by atoms with E-state index in [4.69, 9.17) is 4.74 Å². The van der Waals surface area contributed by atoms with Crippen LogP contribution in [0, 0.1) is 5.92 Å². The molecule has 1 aliphatic rings. The molecule has 0 radical (unpaired) electrons. The number of hydrogen-bond acceptors (Lipinski definition) is 5. The van der Waals surface area contributed by atoms with Crippen LogP contribution in [0.25, 0.3) is 0 Å². The largest absolute Gasteiger partial charge is 0.481 e. The van der Waals surface area contributed by atoms with Crippen LogP contribution in [0.15, 0.2) is 64.0 Å². The second kappa shape index (κ2) is 20.1. The van der Waals surface area contributed by atoms with Crippen molar-refractivity contribution in [3.05, 3.63) is 54.1 Å².